The number of rotatable bonds is 4. The van der Waals surface area contributed by atoms with Crippen LogP contribution in [0.1, 0.15) is 18.4 Å². The van der Waals surface area contributed by atoms with Gasteiger partial charge in [-0.15, -0.1) is 0 Å². The molecule has 1 aromatic rings. The molecule has 0 amide bonds. The lowest BCUT2D eigenvalue weighted by Gasteiger charge is -2.30. The minimum absolute atomic E-state index is 0.343. The monoisotopic (exact) mass is 275 g/mol. The Balaban J connectivity index is 2.51. The van der Waals surface area contributed by atoms with Gasteiger partial charge in [0.15, 0.2) is 11.5 Å². The normalized spacial score (nSPS) is 15.5. The Morgan fingerprint density at radius 1 is 1.41 bits per heavy atom. The van der Waals surface area contributed by atoms with Crippen molar-refractivity contribution >= 4 is 23.2 Å². The van der Waals surface area contributed by atoms with Crippen LogP contribution < -0.4 is 14.8 Å². The summed E-state index contributed by atoms with van der Waals surface area (Å²) >= 11 is 12.4. The summed E-state index contributed by atoms with van der Waals surface area (Å²) in [6.07, 6.45) is 0. The van der Waals surface area contributed by atoms with Crippen molar-refractivity contribution in [3.05, 3.63) is 21.7 Å². The molecule has 1 N–H and O–H groups in total. The number of nitrogens with one attached hydrogen (secondary N) is 1. The fourth-order valence-electron chi connectivity index (χ4n) is 1.94. The van der Waals surface area contributed by atoms with Gasteiger partial charge in [0.2, 0.25) is 0 Å². The van der Waals surface area contributed by atoms with E-state index >= 15 is 0 Å². The Kier molecular flexibility index (Phi) is 4.02. The molecule has 17 heavy (non-hydrogen) atoms. The van der Waals surface area contributed by atoms with Crippen molar-refractivity contribution in [3.63, 3.8) is 0 Å². The second kappa shape index (κ2) is 5.34. The second-order valence-electron chi connectivity index (χ2n) is 3.91. The summed E-state index contributed by atoms with van der Waals surface area (Å²) in [5.74, 6) is 1.70. The molecule has 0 aliphatic carbocycles. The first-order chi connectivity index (χ1) is 8.19. The SMILES string of the molecule is CCOc1cc(Cl)c(Cl)c(C2CNC2)c1OC. The van der Waals surface area contributed by atoms with E-state index in [0.29, 0.717) is 34.1 Å². The first kappa shape index (κ1) is 12.8. The summed E-state index contributed by atoms with van der Waals surface area (Å²) in [6.45, 7) is 4.27. The van der Waals surface area contributed by atoms with Gasteiger partial charge in [-0.05, 0) is 6.92 Å². The number of benzene rings is 1. The van der Waals surface area contributed by atoms with Crippen molar-refractivity contribution in [1.82, 2.24) is 5.32 Å². The zero-order valence-corrected chi connectivity index (χ0v) is 11.4. The van der Waals surface area contributed by atoms with Crippen LogP contribution in [0.5, 0.6) is 11.5 Å². The van der Waals surface area contributed by atoms with Crippen molar-refractivity contribution < 1.29 is 9.47 Å². The van der Waals surface area contributed by atoms with E-state index in [1.165, 1.54) is 0 Å². The van der Waals surface area contributed by atoms with E-state index < -0.39 is 0 Å². The van der Waals surface area contributed by atoms with Gasteiger partial charge < -0.3 is 14.8 Å². The molecule has 3 nitrogen and oxygen atoms in total. The van der Waals surface area contributed by atoms with E-state index in [0.717, 1.165) is 18.7 Å². The van der Waals surface area contributed by atoms with Gasteiger partial charge in [0.1, 0.15) is 0 Å². The molecule has 1 saturated heterocycles. The lowest BCUT2D eigenvalue weighted by molar-refractivity contribution is 0.305. The molecule has 5 heteroatoms. The van der Waals surface area contributed by atoms with Crippen molar-refractivity contribution in [2.75, 3.05) is 26.8 Å². The van der Waals surface area contributed by atoms with E-state index in [-0.39, 0.29) is 0 Å². The first-order valence-electron chi connectivity index (χ1n) is 5.58. The minimum Gasteiger partial charge on any atom is -0.493 e. The third-order valence-electron chi connectivity index (χ3n) is 2.87. The average Bonchev–Trinajstić information content (AvgIpc) is 2.23. The molecule has 1 aliphatic heterocycles. The summed E-state index contributed by atoms with van der Waals surface area (Å²) in [5, 5.41) is 4.29. The van der Waals surface area contributed by atoms with Crippen molar-refractivity contribution in [2.45, 2.75) is 12.8 Å². The molecule has 0 aromatic heterocycles. The van der Waals surface area contributed by atoms with Gasteiger partial charge in [0.05, 0.1) is 23.8 Å². The lowest BCUT2D eigenvalue weighted by Crippen LogP contribution is -2.40. The third kappa shape index (κ3) is 2.32. The van der Waals surface area contributed by atoms with Gasteiger partial charge in [-0.25, -0.2) is 0 Å². The van der Waals surface area contributed by atoms with Gasteiger partial charge >= 0.3 is 0 Å². The topological polar surface area (TPSA) is 30.5 Å². The third-order valence-corrected chi connectivity index (χ3v) is 3.67. The van der Waals surface area contributed by atoms with E-state index in [2.05, 4.69) is 5.32 Å². The maximum absolute atomic E-state index is 6.26. The van der Waals surface area contributed by atoms with Crippen LogP contribution in [0.25, 0.3) is 0 Å². The van der Waals surface area contributed by atoms with E-state index in [4.69, 9.17) is 32.7 Å². The van der Waals surface area contributed by atoms with Crippen LogP contribution in [0.15, 0.2) is 6.07 Å². The Labute approximate surface area is 111 Å². The molecule has 0 unspecified atom stereocenters. The van der Waals surface area contributed by atoms with Crippen LogP contribution in [-0.4, -0.2) is 26.8 Å². The Morgan fingerprint density at radius 2 is 2.12 bits per heavy atom. The van der Waals surface area contributed by atoms with Crippen molar-refractivity contribution in [1.29, 1.82) is 0 Å². The predicted octanol–water partition coefficient (Wildman–Crippen LogP) is 3.09. The molecule has 2 rings (SSSR count). The number of methoxy groups -OCH3 is 1. The van der Waals surface area contributed by atoms with Crippen LogP contribution in [0.4, 0.5) is 0 Å². The van der Waals surface area contributed by atoms with Crippen LogP contribution in [0.2, 0.25) is 10.0 Å². The van der Waals surface area contributed by atoms with Crippen molar-refractivity contribution in [2.24, 2.45) is 0 Å². The molecule has 0 radical (unpaired) electrons. The fourth-order valence-corrected chi connectivity index (χ4v) is 2.43. The lowest BCUT2D eigenvalue weighted by atomic mass is 9.92. The molecular weight excluding hydrogens is 261 g/mol. The summed E-state index contributed by atoms with van der Waals surface area (Å²) in [4.78, 5) is 0. The highest BCUT2D eigenvalue weighted by Gasteiger charge is 2.28. The van der Waals surface area contributed by atoms with E-state index in [1.54, 1.807) is 13.2 Å². The van der Waals surface area contributed by atoms with Crippen LogP contribution in [0, 0.1) is 0 Å². The number of hydrogen-bond donors (Lipinski definition) is 1. The van der Waals surface area contributed by atoms with Gasteiger partial charge in [-0.1, -0.05) is 23.2 Å². The minimum atomic E-state index is 0.343. The molecule has 0 atom stereocenters. The van der Waals surface area contributed by atoms with Crippen LogP contribution in [-0.2, 0) is 0 Å². The largest absolute Gasteiger partial charge is 0.493 e. The maximum Gasteiger partial charge on any atom is 0.165 e. The first-order valence-corrected chi connectivity index (χ1v) is 6.34. The van der Waals surface area contributed by atoms with E-state index in [1.807, 2.05) is 6.92 Å². The molecule has 0 saturated carbocycles. The molecule has 1 fully saturated rings. The second-order valence-corrected chi connectivity index (χ2v) is 4.69. The van der Waals surface area contributed by atoms with Crippen molar-refractivity contribution in [3.8, 4) is 11.5 Å². The quantitative estimate of drug-likeness (QED) is 0.916. The molecule has 0 spiro atoms. The molecule has 1 aromatic carbocycles. The highest BCUT2D eigenvalue weighted by atomic mass is 35.5. The highest BCUT2D eigenvalue weighted by Crippen LogP contribution is 2.45. The van der Waals surface area contributed by atoms with Gasteiger partial charge in [0.25, 0.3) is 0 Å². The zero-order chi connectivity index (χ0) is 12.4. The van der Waals surface area contributed by atoms with Gasteiger partial charge in [-0.2, -0.15) is 0 Å². The summed E-state index contributed by atoms with van der Waals surface area (Å²) in [7, 11) is 1.62. The highest BCUT2D eigenvalue weighted by molar-refractivity contribution is 6.42. The average molecular weight is 276 g/mol. The number of halogens is 2. The summed E-state index contributed by atoms with van der Waals surface area (Å²) < 4.78 is 11.0. The Bertz CT molecular complexity index is 419. The maximum atomic E-state index is 6.26. The molecule has 1 aliphatic rings. The number of hydrogen-bond acceptors (Lipinski definition) is 3. The smallest absolute Gasteiger partial charge is 0.165 e. The summed E-state index contributed by atoms with van der Waals surface area (Å²) in [5.41, 5.74) is 0.948. The zero-order valence-electron chi connectivity index (χ0n) is 9.85. The fraction of sp³-hybridized carbons (Fsp3) is 0.500. The van der Waals surface area contributed by atoms with Gasteiger partial charge in [-0.3, -0.25) is 0 Å². The van der Waals surface area contributed by atoms with Gasteiger partial charge in [0, 0.05) is 30.6 Å². The van der Waals surface area contributed by atoms with Crippen LogP contribution >= 0.6 is 23.2 Å². The molecule has 1 heterocycles. The molecule has 0 bridgehead atoms. The predicted molar refractivity (Wildman–Crippen MR) is 69.8 cm³/mol. The van der Waals surface area contributed by atoms with Crippen LogP contribution in [0.3, 0.4) is 0 Å². The molecule has 94 valence electrons. The standard InChI is InChI=1S/C12H15Cl2NO2/c1-3-17-9-4-8(13)11(14)10(12(9)16-2)7-5-15-6-7/h4,7,15H,3,5-6H2,1-2H3. The Hall–Kier alpha value is -0.640. The summed E-state index contributed by atoms with van der Waals surface area (Å²) in [6, 6.07) is 1.71. The Morgan fingerprint density at radius 3 is 2.59 bits per heavy atom. The van der Waals surface area contributed by atoms with E-state index in [9.17, 15) is 0 Å². The number of ether oxygens (including phenoxy) is 2. The molecular formula is C12H15Cl2NO2.